The molecule has 0 saturated carbocycles. The van der Waals surface area contributed by atoms with Crippen LogP contribution in [0.4, 0.5) is 4.79 Å². The van der Waals surface area contributed by atoms with Crippen molar-refractivity contribution in [1.29, 1.82) is 0 Å². The van der Waals surface area contributed by atoms with E-state index >= 15 is 0 Å². The lowest BCUT2D eigenvalue weighted by atomic mass is 10.2. The Kier molecular flexibility index (Phi) is 4.10. The van der Waals surface area contributed by atoms with E-state index in [0.29, 0.717) is 13.1 Å². The molecule has 1 saturated heterocycles. The van der Waals surface area contributed by atoms with Crippen LogP contribution in [0.25, 0.3) is 0 Å². The van der Waals surface area contributed by atoms with E-state index in [1.807, 2.05) is 20.8 Å². The number of nitrogens with zero attached hydrogens (tertiary/aromatic N) is 3. The molecule has 0 radical (unpaired) electrons. The molecular formula is C15H25N5O2. The van der Waals surface area contributed by atoms with Crippen LogP contribution >= 0.6 is 0 Å². The molecule has 1 fully saturated rings. The largest absolute Gasteiger partial charge is 0.444 e. The van der Waals surface area contributed by atoms with Crippen molar-refractivity contribution >= 4 is 6.09 Å². The first-order valence-corrected chi connectivity index (χ1v) is 7.88. The molecule has 2 aliphatic heterocycles. The second kappa shape index (κ2) is 5.89. The third-order valence-electron chi connectivity index (χ3n) is 3.84. The highest BCUT2D eigenvalue weighted by Gasteiger charge is 2.30. The van der Waals surface area contributed by atoms with Gasteiger partial charge in [-0.1, -0.05) is 0 Å². The fourth-order valence-corrected chi connectivity index (χ4v) is 2.81. The van der Waals surface area contributed by atoms with Crippen LogP contribution in [0.2, 0.25) is 0 Å². The highest BCUT2D eigenvalue weighted by Crippen LogP contribution is 2.23. The average molecular weight is 307 g/mol. The number of amides is 1. The Morgan fingerprint density at radius 1 is 1.27 bits per heavy atom. The molecule has 0 bridgehead atoms. The second-order valence-corrected chi connectivity index (χ2v) is 6.97. The summed E-state index contributed by atoms with van der Waals surface area (Å²) in [5.41, 5.74) is 1.54. The van der Waals surface area contributed by atoms with Crippen LogP contribution in [0.3, 0.4) is 0 Å². The molecule has 7 nitrogen and oxygen atoms in total. The first-order valence-electron chi connectivity index (χ1n) is 7.88. The van der Waals surface area contributed by atoms with Gasteiger partial charge in [-0.2, -0.15) is 0 Å². The summed E-state index contributed by atoms with van der Waals surface area (Å²) in [4.78, 5) is 24.2. The fraction of sp³-hybridized carbons (Fsp3) is 0.733. The summed E-state index contributed by atoms with van der Waals surface area (Å²) in [6.07, 6.45) is -0.275. The first-order chi connectivity index (χ1) is 10.4. The van der Waals surface area contributed by atoms with E-state index < -0.39 is 5.60 Å². The summed E-state index contributed by atoms with van der Waals surface area (Å²) in [6, 6.07) is 0. The lowest BCUT2D eigenvalue weighted by molar-refractivity contribution is 0.0238. The summed E-state index contributed by atoms with van der Waals surface area (Å²) >= 11 is 0. The van der Waals surface area contributed by atoms with Gasteiger partial charge in [0, 0.05) is 26.2 Å². The Bertz CT molecular complexity index is 519. The molecule has 2 aliphatic rings. The number of carbonyl (C=O) groups is 1. The zero-order valence-electron chi connectivity index (χ0n) is 13.6. The van der Waals surface area contributed by atoms with Crippen LogP contribution < -0.4 is 5.32 Å². The molecule has 7 heteroatoms. The molecule has 1 amide bonds. The van der Waals surface area contributed by atoms with E-state index in [-0.39, 0.29) is 6.09 Å². The third-order valence-corrected chi connectivity index (χ3v) is 3.84. The maximum atomic E-state index is 12.1. The minimum Gasteiger partial charge on any atom is -0.444 e. The first kappa shape index (κ1) is 15.3. The number of fused-ring (bicyclic) bond motifs is 1. The van der Waals surface area contributed by atoms with Crippen LogP contribution in [0.15, 0.2) is 0 Å². The summed E-state index contributed by atoms with van der Waals surface area (Å²) in [7, 11) is 0. The predicted molar refractivity (Wildman–Crippen MR) is 82.2 cm³/mol. The van der Waals surface area contributed by atoms with Gasteiger partial charge < -0.3 is 15.0 Å². The number of rotatable bonds is 2. The summed E-state index contributed by atoms with van der Waals surface area (Å²) in [6.45, 7) is 11.7. The molecule has 0 aliphatic carbocycles. The Morgan fingerprint density at radius 2 is 2.00 bits per heavy atom. The fourth-order valence-electron chi connectivity index (χ4n) is 2.81. The van der Waals surface area contributed by atoms with Crippen molar-refractivity contribution < 1.29 is 9.53 Å². The van der Waals surface area contributed by atoms with E-state index in [9.17, 15) is 4.79 Å². The van der Waals surface area contributed by atoms with Gasteiger partial charge in [0.15, 0.2) is 0 Å². The molecule has 122 valence electrons. The average Bonchev–Trinajstić information content (AvgIpc) is 2.96. The summed E-state index contributed by atoms with van der Waals surface area (Å²) in [5, 5.41) is 3.35. The Labute approximate surface area is 131 Å². The number of carbonyl (C=O) groups excluding carboxylic acids is 1. The van der Waals surface area contributed by atoms with Crippen LogP contribution in [0.5, 0.6) is 0 Å². The van der Waals surface area contributed by atoms with Crippen molar-refractivity contribution in [1.82, 2.24) is 25.1 Å². The van der Waals surface area contributed by atoms with Gasteiger partial charge in [0.1, 0.15) is 11.4 Å². The number of ether oxygens (including phenoxy) is 1. The SMILES string of the molecule is CC(C)(C)OC(=O)N1Cc2nc(CN3CCNCC3)[nH]c2C1. The monoisotopic (exact) mass is 307 g/mol. The van der Waals surface area contributed by atoms with Crippen molar-refractivity contribution in [2.75, 3.05) is 26.2 Å². The number of aromatic nitrogens is 2. The van der Waals surface area contributed by atoms with Crippen molar-refractivity contribution in [3.05, 3.63) is 17.2 Å². The van der Waals surface area contributed by atoms with Gasteiger partial charge in [-0.15, -0.1) is 0 Å². The topological polar surface area (TPSA) is 73.5 Å². The Balaban J connectivity index is 1.57. The van der Waals surface area contributed by atoms with Crippen molar-refractivity contribution in [3.63, 3.8) is 0 Å². The molecule has 0 aromatic carbocycles. The minimum atomic E-state index is -0.464. The van der Waals surface area contributed by atoms with Crippen LogP contribution in [-0.2, 0) is 24.4 Å². The van der Waals surface area contributed by atoms with Crippen LogP contribution in [-0.4, -0.2) is 57.6 Å². The van der Waals surface area contributed by atoms with Gasteiger partial charge in [0.2, 0.25) is 0 Å². The summed E-state index contributed by atoms with van der Waals surface area (Å²) in [5.74, 6) is 0.996. The lowest BCUT2D eigenvalue weighted by Gasteiger charge is -2.26. The third kappa shape index (κ3) is 3.59. The molecule has 3 heterocycles. The lowest BCUT2D eigenvalue weighted by Crippen LogP contribution is -2.43. The second-order valence-electron chi connectivity index (χ2n) is 6.97. The normalized spacial score (nSPS) is 19.3. The number of nitrogens with one attached hydrogen (secondary N) is 2. The zero-order chi connectivity index (χ0) is 15.7. The van der Waals surface area contributed by atoms with Crippen molar-refractivity contribution in [2.24, 2.45) is 0 Å². The molecule has 3 rings (SSSR count). The van der Waals surface area contributed by atoms with E-state index in [1.54, 1.807) is 4.90 Å². The summed E-state index contributed by atoms with van der Waals surface area (Å²) < 4.78 is 5.40. The molecule has 2 N–H and O–H groups in total. The van der Waals surface area contributed by atoms with E-state index in [4.69, 9.17) is 4.74 Å². The van der Waals surface area contributed by atoms with Crippen molar-refractivity contribution in [3.8, 4) is 0 Å². The van der Waals surface area contributed by atoms with Gasteiger partial charge in [0.05, 0.1) is 31.0 Å². The molecule has 1 aromatic heterocycles. The number of imidazole rings is 1. The standard InChI is InChI=1S/C15H25N5O2/c1-15(2,3)22-14(21)20-8-11-12(9-20)18-13(17-11)10-19-6-4-16-5-7-19/h16H,4-10H2,1-3H3,(H,17,18). The highest BCUT2D eigenvalue weighted by molar-refractivity contribution is 5.68. The maximum absolute atomic E-state index is 12.1. The smallest absolute Gasteiger partial charge is 0.410 e. The minimum absolute atomic E-state index is 0.275. The number of piperazine rings is 1. The van der Waals surface area contributed by atoms with E-state index in [0.717, 1.165) is 49.9 Å². The quantitative estimate of drug-likeness (QED) is 0.855. The molecule has 0 atom stereocenters. The molecule has 0 unspecified atom stereocenters. The molecule has 1 aromatic rings. The predicted octanol–water partition coefficient (Wildman–Crippen LogP) is 1.07. The van der Waals surface area contributed by atoms with Gasteiger partial charge in [0.25, 0.3) is 0 Å². The van der Waals surface area contributed by atoms with Crippen LogP contribution in [0.1, 0.15) is 38.0 Å². The zero-order valence-corrected chi connectivity index (χ0v) is 13.6. The van der Waals surface area contributed by atoms with Gasteiger partial charge in [-0.25, -0.2) is 9.78 Å². The van der Waals surface area contributed by atoms with E-state index in [2.05, 4.69) is 20.2 Å². The van der Waals surface area contributed by atoms with Crippen LogP contribution in [0, 0.1) is 0 Å². The number of hydrogen-bond donors (Lipinski definition) is 2. The van der Waals surface area contributed by atoms with Gasteiger partial charge in [-0.3, -0.25) is 9.80 Å². The van der Waals surface area contributed by atoms with Crippen molar-refractivity contribution in [2.45, 2.75) is 46.0 Å². The van der Waals surface area contributed by atoms with Gasteiger partial charge >= 0.3 is 6.09 Å². The van der Waals surface area contributed by atoms with E-state index in [1.165, 1.54) is 0 Å². The molecule has 0 spiro atoms. The Morgan fingerprint density at radius 3 is 2.64 bits per heavy atom. The Hall–Kier alpha value is -1.60. The van der Waals surface area contributed by atoms with Gasteiger partial charge in [-0.05, 0) is 20.8 Å². The maximum Gasteiger partial charge on any atom is 0.410 e. The molecule has 22 heavy (non-hydrogen) atoms. The molecular weight excluding hydrogens is 282 g/mol. The number of aromatic amines is 1. The number of hydrogen-bond acceptors (Lipinski definition) is 5. The highest BCUT2D eigenvalue weighted by atomic mass is 16.6. The number of H-pyrrole nitrogens is 1.